The van der Waals surface area contributed by atoms with E-state index < -0.39 is 0 Å². The molecule has 15 heavy (non-hydrogen) atoms. The molecule has 0 radical (unpaired) electrons. The summed E-state index contributed by atoms with van der Waals surface area (Å²) in [7, 11) is 0. The number of aliphatic hydroxyl groups excluding tert-OH is 1. The molecule has 0 spiro atoms. The van der Waals surface area contributed by atoms with Crippen LogP contribution in [0, 0.1) is 0 Å². The van der Waals surface area contributed by atoms with Gasteiger partial charge < -0.3 is 5.11 Å². The minimum Gasteiger partial charge on any atom is -0.392 e. The topological polar surface area (TPSA) is 20.2 Å². The molecule has 0 atom stereocenters. The van der Waals surface area contributed by atoms with Crippen LogP contribution in [0.4, 0.5) is 0 Å². The van der Waals surface area contributed by atoms with Crippen molar-refractivity contribution in [1.29, 1.82) is 0 Å². The monoisotopic (exact) mass is 262 g/mol. The molecule has 76 valence electrons. The van der Waals surface area contributed by atoms with E-state index in [1.807, 2.05) is 42.5 Å². The number of hydrogen-bond acceptors (Lipinski definition) is 1. The van der Waals surface area contributed by atoms with Gasteiger partial charge in [0, 0.05) is 4.47 Å². The van der Waals surface area contributed by atoms with Gasteiger partial charge in [-0.3, -0.25) is 0 Å². The molecular formula is C13H11BrO. The summed E-state index contributed by atoms with van der Waals surface area (Å²) >= 11 is 3.52. The zero-order chi connectivity index (χ0) is 10.7. The van der Waals surface area contributed by atoms with E-state index in [9.17, 15) is 0 Å². The third kappa shape index (κ3) is 2.28. The summed E-state index contributed by atoms with van der Waals surface area (Å²) < 4.78 is 1.07. The molecular weight excluding hydrogens is 252 g/mol. The highest BCUT2D eigenvalue weighted by Crippen LogP contribution is 2.28. The maximum atomic E-state index is 9.07. The zero-order valence-corrected chi connectivity index (χ0v) is 9.74. The highest BCUT2D eigenvalue weighted by molar-refractivity contribution is 9.10. The Labute approximate surface area is 97.5 Å². The van der Waals surface area contributed by atoms with Crippen LogP contribution in [-0.4, -0.2) is 5.11 Å². The minimum absolute atomic E-state index is 0.0816. The van der Waals surface area contributed by atoms with Crippen molar-refractivity contribution < 1.29 is 5.11 Å². The Bertz CT molecular complexity index is 466. The molecule has 0 aliphatic carbocycles. The summed E-state index contributed by atoms with van der Waals surface area (Å²) in [5, 5.41) is 9.07. The first kappa shape index (κ1) is 10.4. The summed E-state index contributed by atoms with van der Waals surface area (Å²) in [6.45, 7) is 0.0816. The van der Waals surface area contributed by atoms with Crippen molar-refractivity contribution in [3.63, 3.8) is 0 Å². The van der Waals surface area contributed by atoms with Crippen molar-refractivity contribution in [2.24, 2.45) is 0 Å². The van der Waals surface area contributed by atoms with Crippen LogP contribution in [0.2, 0.25) is 0 Å². The number of hydrogen-bond donors (Lipinski definition) is 1. The normalized spacial score (nSPS) is 10.3. The Hall–Kier alpha value is -1.12. The van der Waals surface area contributed by atoms with Crippen molar-refractivity contribution in [2.75, 3.05) is 0 Å². The fourth-order valence-corrected chi connectivity index (χ4v) is 2.05. The predicted octanol–water partition coefficient (Wildman–Crippen LogP) is 3.61. The molecule has 2 rings (SSSR count). The van der Waals surface area contributed by atoms with Crippen molar-refractivity contribution in [3.8, 4) is 11.1 Å². The van der Waals surface area contributed by atoms with E-state index in [2.05, 4.69) is 22.0 Å². The van der Waals surface area contributed by atoms with Crippen molar-refractivity contribution >= 4 is 15.9 Å². The Morgan fingerprint density at radius 1 is 1.00 bits per heavy atom. The lowest BCUT2D eigenvalue weighted by molar-refractivity contribution is 0.282. The van der Waals surface area contributed by atoms with Gasteiger partial charge >= 0.3 is 0 Å². The lowest BCUT2D eigenvalue weighted by atomic mass is 10.0. The van der Waals surface area contributed by atoms with Gasteiger partial charge in [0.15, 0.2) is 0 Å². The van der Waals surface area contributed by atoms with Gasteiger partial charge in [-0.05, 0) is 28.8 Å². The molecule has 2 aromatic carbocycles. The quantitative estimate of drug-likeness (QED) is 0.877. The molecule has 0 saturated heterocycles. The Morgan fingerprint density at radius 3 is 2.53 bits per heavy atom. The highest BCUT2D eigenvalue weighted by Gasteiger charge is 2.02. The van der Waals surface area contributed by atoms with Gasteiger partial charge in [0.25, 0.3) is 0 Å². The van der Waals surface area contributed by atoms with Crippen LogP contribution in [0.1, 0.15) is 5.56 Å². The number of halogens is 1. The summed E-state index contributed by atoms with van der Waals surface area (Å²) in [6, 6.07) is 16.0. The molecule has 0 fully saturated rings. The lowest BCUT2D eigenvalue weighted by Crippen LogP contribution is -1.85. The minimum atomic E-state index is 0.0816. The van der Waals surface area contributed by atoms with Gasteiger partial charge in [0.05, 0.1) is 6.61 Å². The van der Waals surface area contributed by atoms with E-state index in [0.717, 1.165) is 21.2 Å². The van der Waals surface area contributed by atoms with Crippen molar-refractivity contribution in [1.82, 2.24) is 0 Å². The number of benzene rings is 2. The van der Waals surface area contributed by atoms with Crippen LogP contribution < -0.4 is 0 Å². The van der Waals surface area contributed by atoms with Crippen LogP contribution in [0.3, 0.4) is 0 Å². The van der Waals surface area contributed by atoms with E-state index in [4.69, 9.17) is 5.11 Å². The maximum Gasteiger partial charge on any atom is 0.0682 e. The van der Waals surface area contributed by atoms with E-state index in [1.54, 1.807) is 0 Å². The molecule has 0 aromatic heterocycles. The average Bonchev–Trinajstić information content (AvgIpc) is 2.30. The highest BCUT2D eigenvalue weighted by atomic mass is 79.9. The van der Waals surface area contributed by atoms with Crippen LogP contribution in [-0.2, 0) is 6.61 Å². The number of aliphatic hydroxyl groups is 1. The lowest BCUT2D eigenvalue weighted by Gasteiger charge is -2.05. The molecule has 0 aliphatic heterocycles. The molecule has 0 amide bonds. The molecule has 0 aliphatic rings. The summed E-state index contributed by atoms with van der Waals surface area (Å²) in [4.78, 5) is 0. The third-order valence-corrected chi connectivity index (χ3v) is 2.99. The van der Waals surface area contributed by atoms with E-state index in [1.165, 1.54) is 0 Å². The zero-order valence-electron chi connectivity index (χ0n) is 8.15. The van der Waals surface area contributed by atoms with Gasteiger partial charge in [-0.15, -0.1) is 0 Å². The smallest absolute Gasteiger partial charge is 0.0682 e. The SMILES string of the molecule is OCc1cccc(-c2ccccc2Br)c1. The second kappa shape index (κ2) is 4.60. The fourth-order valence-electron chi connectivity index (χ4n) is 1.53. The molecule has 0 unspecified atom stereocenters. The van der Waals surface area contributed by atoms with Crippen LogP contribution >= 0.6 is 15.9 Å². The summed E-state index contributed by atoms with van der Waals surface area (Å²) in [5.74, 6) is 0. The van der Waals surface area contributed by atoms with Crippen LogP contribution in [0.5, 0.6) is 0 Å². The summed E-state index contributed by atoms with van der Waals surface area (Å²) in [6.07, 6.45) is 0. The first-order valence-corrected chi connectivity index (χ1v) is 5.55. The first-order chi connectivity index (χ1) is 7.31. The van der Waals surface area contributed by atoms with Gasteiger partial charge in [0.1, 0.15) is 0 Å². The maximum absolute atomic E-state index is 9.07. The Balaban J connectivity index is 2.49. The Morgan fingerprint density at radius 2 is 1.80 bits per heavy atom. The molecule has 2 aromatic rings. The summed E-state index contributed by atoms with van der Waals surface area (Å²) in [5.41, 5.74) is 3.20. The predicted molar refractivity (Wildman–Crippen MR) is 65.5 cm³/mol. The first-order valence-electron chi connectivity index (χ1n) is 4.76. The fraction of sp³-hybridized carbons (Fsp3) is 0.0769. The van der Waals surface area contributed by atoms with E-state index in [0.29, 0.717) is 0 Å². The molecule has 0 bridgehead atoms. The van der Waals surface area contributed by atoms with Crippen molar-refractivity contribution in [2.45, 2.75) is 6.61 Å². The second-order valence-electron chi connectivity index (χ2n) is 3.34. The van der Waals surface area contributed by atoms with Gasteiger partial charge in [0.2, 0.25) is 0 Å². The average molecular weight is 263 g/mol. The molecule has 0 saturated carbocycles. The van der Waals surface area contributed by atoms with Gasteiger partial charge in [-0.1, -0.05) is 52.3 Å². The molecule has 0 heterocycles. The van der Waals surface area contributed by atoms with E-state index in [-0.39, 0.29) is 6.61 Å². The Kier molecular flexibility index (Phi) is 3.19. The van der Waals surface area contributed by atoms with Crippen LogP contribution in [0.15, 0.2) is 53.0 Å². The molecule has 1 N–H and O–H groups in total. The van der Waals surface area contributed by atoms with Gasteiger partial charge in [-0.2, -0.15) is 0 Å². The largest absolute Gasteiger partial charge is 0.392 e. The standard InChI is InChI=1S/C13H11BrO/c14-13-7-2-1-6-12(13)11-5-3-4-10(8-11)9-15/h1-8,15H,9H2. The molecule has 2 heteroatoms. The number of rotatable bonds is 2. The second-order valence-corrected chi connectivity index (χ2v) is 4.19. The van der Waals surface area contributed by atoms with Crippen molar-refractivity contribution in [3.05, 3.63) is 58.6 Å². The van der Waals surface area contributed by atoms with Crippen LogP contribution in [0.25, 0.3) is 11.1 Å². The third-order valence-electron chi connectivity index (χ3n) is 2.29. The van der Waals surface area contributed by atoms with E-state index >= 15 is 0 Å². The van der Waals surface area contributed by atoms with Gasteiger partial charge in [-0.25, -0.2) is 0 Å². The molecule has 1 nitrogen and oxygen atoms in total.